The van der Waals surface area contributed by atoms with Crippen molar-refractivity contribution in [1.82, 2.24) is 15.0 Å². The van der Waals surface area contributed by atoms with Crippen LogP contribution < -0.4 is 4.74 Å². The Balaban J connectivity index is 0.982. The molecule has 0 N–H and O–H groups in total. The number of nitriles is 1. The maximum absolute atomic E-state index is 9.26. The molecule has 1 aliphatic rings. The molecule has 1 aliphatic heterocycles. The van der Waals surface area contributed by atoms with Gasteiger partial charge in [0, 0.05) is 27.8 Å². The van der Waals surface area contributed by atoms with Gasteiger partial charge in [-0.25, -0.2) is 15.0 Å². The summed E-state index contributed by atoms with van der Waals surface area (Å²) in [5, 5.41) is 9.26. The number of rotatable bonds is 8. The Labute approximate surface area is 372 Å². The molecule has 10 aromatic rings. The molecule has 64 heavy (non-hydrogen) atoms. The first kappa shape index (κ1) is 38.2. The van der Waals surface area contributed by atoms with Crippen LogP contribution >= 0.6 is 0 Å². The van der Waals surface area contributed by atoms with Crippen molar-refractivity contribution in [1.29, 1.82) is 5.26 Å². The molecule has 0 atom stereocenters. The molecular weight excluding hydrogens is 781 g/mol. The first-order chi connectivity index (χ1) is 31.6. The van der Waals surface area contributed by atoms with E-state index in [0.29, 0.717) is 23.0 Å². The third kappa shape index (κ3) is 6.90. The van der Waals surface area contributed by atoms with E-state index in [2.05, 4.69) is 164 Å². The number of aromatic nitrogens is 3. The van der Waals surface area contributed by atoms with Gasteiger partial charge in [0.15, 0.2) is 17.5 Å². The minimum Gasteiger partial charge on any atom is -0.457 e. The highest BCUT2D eigenvalue weighted by molar-refractivity contribution is 5.79. The summed E-state index contributed by atoms with van der Waals surface area (Å²) in [4.78, 5) is 15.1. The van der Waals surface area contributed by atoms with E-state index in [1.807, 2.05) is 72.8 Å². The minimum absolute atomic E-state index is 0.587. The standard InChI is InChI=1S/C59H38N4O/c60-39-40-26-28-41(29-27-40)42-30-32-44(33-31-42)57-61-56(43-14-4-1-5-15-43)62-58(63-57)49-19-13-18-47(37-49)45-16-12-17-46(36-45)48-34-35-55-53(38-48)59(50-20-6-2-7-21-50,51-22-8-3-9-23-51)52-24-10-11-25-54(52)64-55/h1-38H. The SMILES string of the molecule is N#Cc1ccc(-c2ccc(-c3nc(-c4ccccc4)nc(-c4cccc(-c5cccc(-c6ccc7c(c6)C(c6ccccc6)(c6ccccc6)c6ccccc6O7)c5)c4)n3)cc2)cc1. The van der Waals surface area contributed by atoms with Crippen molar-refractivity contribution < 1.29 is 4.74 Å². The van der Waals surface area contributed by atoms with Crippen LogP contribution in [-0.2, 0) is 5.41 Å². The lowest BCUT2D eigenvalue weighted by Gasteiger charge is -2.41. The summed E-state index contributed by atoms with van der Waals surface area (Å²) in [7, 11) is 0. The molecule has 0 bridgehead atoms. The third-order valence-corrected chi connectivity index (χ3v) is 12.1. The number of nitrogens with zero attached hydrogens (tertiary/aromatic N) is 4. The highest BCUT2D eigenvalue weighted by Crippen LogP contribution is 2.56. The van der Waals surface area contributed by atoms with Crippen molar-refractivity contribution >= 4 is 0 Å². The van der Waals surface area contributed by atoms with E-state index < -0.39 is 5.41 Å². The lowest BCUT2D eigenvalue weighted by atomic mass is 9.63. The summed E-state index contributed by atoms with van der Waals surface area (Å²) in [6, 6.07) is 81.7. The molecule has 9 aromatic carbocycles. The quantitative estimate of drug-likeness (QED) is 0.153. The molecule has 11 rings (SSSR count). The van der Waals surface area contributed by atoms with Gasteiger partial charge in [-0.05, 0) is 87.0 Å². The molecule has 0 radical (unpaired) electrons. The van der Waals surface area contributed by atoms with Gasteiger partial charge in [0.2, 0.25) is 0 Å². The Kier molecular flexibility index (Phi) is 9.72. The van der Waals surface area contributed by atoms with E-state index in [1.165, 1.54) is 11.1 Å². The van der Waals surface area contributed by atoms with Crippen LogP contribution in [0.15, 0.2) is 231 Å². The second kappa shape index (κ2) is 16.3. The fourth-order valence-electron chi connectivity index (χ4n) is 9.00. The second-order valence-corrected chi connectivity index (χ2v) is 15.9. The summed E-state index contributed by atoms with van der Waals surface area (Å²) in [5.74, 6) is 3.48. The molecule has 0 unspecified atom stereocenters. The van der Waals surface area contributed by atoms with E-state index in [9.17, 15) is 5.26 Å². The zero-order chi connectivity index (χ0) is 42.9. The van der Waals surface area contributed by atoms with Crippen LogP contribution in [0, 0.1) is 11.3 Å². The van der Waals surface area contributed by atoms with E-state index in [4.69, 9.17) is 19.7 Å². The third-order valence-electron chi connectivity index (χ3n) is 12.1. The van der Waals surface area contributed by atoms with Crippen molar-refractivity contribution in [2.75, 3.05) is 0 Å². The zero-order valence-corrected chi connectivity index (χ0v) is 34.6. The highest BCUT2D eigenvalue weighted by Gasteiger charge is 2.45. The summed E-state index contributed by atoms with van der Waals surface area (Å²) in [6.07, 6.45) is 0. The van der Waals surface area contributed by atoms with E-state index >= 15 is 0 Å². The Morgan fingerprint density at radius 2 is 0.734 bits per heavy atom. The van der Waals surface area contributed by atoms with Crippen LogP contribution in [0.5, 0.6) is 11.5 Å². The van der Waals surface area contributed by atoms with Crippen LogP contribution in [0.2, 0.25) is 0 Å². The molecule has 0 saturated carbocycles. The molecule has 5 nitrogen and oxygen atoms in total. The lowest BCUT2D eigenvalue weighted by Crippen LogP contribution is -2.34. The molecule has 2 heterocycles. The monoisotopic (exact) mass is 818 g/mol. The maximum atomic E-state index is 9.26. The van der Waals surface area contributed by atoms with E-state index in [0.717, 1.165) is 72.7 Å². The van der Waals surface area contributed by atoms with Crippen molar-refractivity contribution in [3.05, 3.63) is 258 Å². The Bertz CT molecular complexity index is 3300. The number of fused-ring (bicyclic) bond motifs is 2. The summed E-state index contributed by atoms with van der Waals surface area (Å²) >= 11 is 0. The van der Waals surface area contributed by atoms with Crippen molar-refractivity contribution in [2.45, 2.75) is 5.41 Å². The first-order valence-corrected chi connectivity index (χ1v) is 21.3. The van der Waals surface area contributed by atoms with E-state index in [-0.39, 0.29) is 0 Å². The molecule has 0 amide bonds. The maximum Gasteiger partial charge on any atom is 0.164 e. The number of ether oxygens (including phenoxy) is 1. The van der Waals surface area contributed by atoms with Gasteiger partial charge in [-0.2, -0.15) is 5.26 Å². The normalized spacial score (nSPS) is 12.3. The highest BCUT2D eigenvalue weighted by atomic mass is 16.5. The number of benzene rings is 9. The van der Waals surface area contributed by atoms with Crippen molar-refractivity contribution in [2.24, 2.45) is 0 Å². The average Bonchev–Trinajstić information content (AvgIpc) is 3.38. The predicted molar refractivity (Wildman–Crippen MR) is 256 cm³/mol. The molecule has 0 aliphatic carbocycles. The number of hydrogen-bond donors (Lipinski definition) is 0. The van der Waals surface area contributed by atoms with Crippen LogP contribution in [0.3, 0.4) is 0 Å². The molecule has 300 valence electrons. The van der Waals surface area contributed by atoms with E-state index in [1.54, 1.807) is 0 Å². The van der Waals surface area contributed by atoms with Gasteiger partial charge in [0.05, 0.1) is 17.0 Å². The minimum atomic E-state index is -0.607. The molecule has 0 fully saturated rings. The first-order valence-electron chi connectivity index (χ1n) is 21.3. The molecular formula is C59H38N4O. The molecule has 5 heteroatoms. The topological polar surface area (TPSA) is 71.7 Å². The van der Waals surface area contributed by atoms with Gasteiger partial charge in [-0.3, -0.25) is 0 Å². The molecule has 0 saturated heterocycles. The number of para-hydroxylation sites is 1. The summed E-state index contributed by atoms with van der Waals surface area (Å²) < 4.78 is 6.69. The lowest BCUT2D eigenvalue weighted by molar-refractivity contribution is 0.434. The van der Waals surface area contributed by atoms with Gasteiger partial charge in [0.25, 0.3) is 0 Å². The van der Waals surface area contributed by atoms with Gasteiger partial charge in [-0.15, -0.1) is 0 Å². The van der Waals surface area contributed by atoms with Gasteiger partial charge >= 0.3 is 0 Å². The summed E-state index contributed by atoms with van der Waals surface area (Å²) in [5.41, 5.74) is 13.7. The molecule has 1 aromatic heterocycles. The fraction of sp³-hybridized carbons (Fsp3) is 0.0169. The Hall–Kier alpha value is -8.72. The number of hydrogen-bond acceptors (Lipinski definition) is 5. The largest absolute Gasteiger partial charge is 0.457 e. The van der Waals surface area contributed by atoms with Crippen LogP contribution in [-0.4, -0.2) is 15.0 Å². The van der Waals surface area contributed by atoms with Crippen LogP contribution in [0.1, 0.15) is 27.8 Å². The molecule has 0 spiro atoms. The Morgan fingerprint density at radius 1 is 0.328 bits per heavy atom. The second-order valence-electron chi connectivity index (χ2n) is 15.9. The fourth-order valence-corrected chi connectivity index (χ4v) is 9.00. The van der Waals surface area contributed by atoms with Gasteiger partial charge < -0.3 is 4.74 Å². The average molecular weight is 819 g/mol. The Morgan fingerprint density at radius 3 is 1.33 bits per heavy atom. The van der Waals surface area contributed by atoms with Crippen molar-refractivity contribution in [3.63, 3.8) is 0 Å². The predicted octanol–water partition coefficient (Wildman–Crippen LogP) is 14.2. The summed E-state index contributed by atoms with van der Waals surface area (Å²) in [6.45, 7) is 0. The van der Waals surface area contributed by atoms with Crippen LogP contribution in [0.4, 0.5) is 0 Å². The van der Waals surface area contributed by atoms with Crippen LogP contribution in [0.25, 0.3) is 67.5 Å². The zero-order valence-electron chi connectivity index (χ0n) is 34.6. The van der Waals surface area contributed by atoms with Crippen molar-refractivity contribution in [3.8, 4) is 85.1 Å². The smallest absolute Gasteiger partial charge is 0.164 e. The van der Waals surface area contributed by atoms with Gasteiger partial charge in [0.1, 0.15) is 11.5 Å². The van der Waals surface area contributed by atoms with Gasteiger partial charge in [-0.1, -0.05) is 188 Å².